The predicted molar refractivity (Wildman–Crippen MR) is 122 cm³/mol. The average Bonchev–Trinajstić information content (AvgIpc) is 3.41. The van der Waals surface area contributed by atoms with Gasteiger partial charge in [0, 0.05) is 37.4 Å². The van der Waals surface area contributed by atoms with E-state index >= 15 is 0 Å². The van der Waals surface area contributed by atoms with E-state index in [-0.39, 0.29) is 34.5 Å². The molecule has 3 aromatic rings. The molecule has 9 nitrogen and oxygen atoms in total. The molecule has 2 aliphatic heterocycles. The molecule has 5 rings (SSSR count). The summed E-state index contributed by atoms with van der Waals surface area (Å²) < 4.78 is 5.56. The van der Waals surface area contributed by atoms with E-state index in [1.54, 1.807) is 25.1 Å². The van der Waals surface area contributed by atoms with Crippen LogP contribution in [-0.2, 0) is 4.74 Å². The van der Waals surface area contributed by atoms with E-state index in [2.05, 4.69) is 20.5 Å². The second-order valence-corrected chi connectivity index (χ2v) is 9.12. The molecule has 0 aliphatic carbocycles. The van der Waals surface area contributed by atoms with Crippen LogP contribution in [0.4, 0.5) is 0 Å². The number of nitrogens with zero attached hydrogens (tertiary/aromatic N) is 2. The average molecular weight is 450 g/mol. The summed E-state index contributed by atoms with van der Waals surface area (Å²) in [5, 5.41) is 10.9. The Morgan fingerprint density at radius 3 is 2.82 bits per heavy atom. The number of fused-ring (bicyclic) bond motifs is 1. The minimum Gasteiger partial charge on any atom is -0.381 e. The highest BCUT2D eigenvalue weighted by molar-refractivity contribution is 5.97. The van der Waals surface area contributed by atoms with E-state index in [1.165, 1.54) is 6.20 Å². The van der Waals surface area contributed by atoms with Gasteiger partial charge in [-0.25, -0.2) is 0 Å². The number of rotatable bonds is 4. The molecular formula is C24H27N5O4. The van der Waals surface area contributed by atoms with Gasteiger partial charge in [0.25, 0.3) is 17.4 Å². The number of hydrogen-bond donors (Lipinski definition) is 3. The molecular weight excluding hydrogens is 422 g/mol. The van der Waals surface area contributed by atoms with Gasteiger partial charge in [-0.15, -0.1) is 0 Å². The van der Waals surface area contributed by atoms with Gasteiger partial charge >= 0.3 is 0 Å². The molecule has 33 heavy (non-hydrogen) atoms. The van der Waals surface area contributed by atoms with E-state index in [9.17, 15) is 14.4 Å². The van der Waals surface area contributed by atoms with E-state index in [1.807, 2.05) is 17.0 Å². The number of aryl methyl sites for hydroxylation is 1. The van der Waals surface area contributed by atoms with Crippen LogP contribution in [0, 0.1) is 12.3 Å². The van der Waals surface area contributed by atoms with Crippen molar-refractivity contribution in [3.63, 3.8) is 0 Å². The van der Waals surface area contributed by atoms with Gasteiger partial charge in [0.1, 0.15) is 5.69 Å². The third kappa shape index (κ3) is 4.04. The normalized spacial score (nSPS) is 19.8. The largest absolute Gasteiger partial charge is 0.381 e. The van der Waals surface area contributed by atoms with Gasteiger partial charge in [0.15, 0.2) is 0 Å². The van der Waals surface area contributed by atoms with Crippen molar-refractivity contribution < 1.29 is 14.3 Å². The summed E-state index contributed by atoms with van der Waals surface area (Å²) in [6, 6.07) is 8.77. The highest BCUT2D eigenvalue weighted by atomic mass is 16.5. The fourth-order valence-electron chi connectivity index (χ4n) is 5.12. The number of likely N-dealkylation sites (tertiary alicyclic amines) is 1. The quantitative estimate of drug-likeness (QED) is 0.563. The highest BCUT2D eigenvalue weighted by Crippen LogP contribution is 2.43. The smallest absolute Gasteiger partial charge is 0.270 e. The first kappa shape index (κ1) is 21.4. The first-order valence-corrected chi connectivity index (χ1v) is 11.2. The molecule has 1 spiro atoms. The molecule has 0 radical (unpaired) electrons. The fraction of sp³-hybridized carbons (Fsp3) is 0.417. The van der Waals surface area contributed by atoms with Crippen molar-refractivity contribution in [1.29, 1.82) is 0 Å². The second kappa shape index (κ2) is 8.47. The molecule has 2 amide bonds. The van der Waals surface area contributed by atoms with Crippen molar-refractivity contribution in [3.05, 3.63) is 63.8 Å². The molecule has 3 N–H and O–H groups in total. The molecule has 0 saturated carbocycles. The van der Waals surface area contributed by atoms with Crippen LogP contribution in [0.25, 0.3) is 10.8 Å². The molecule has 1 aromatic carbocycles. The van der Waals surface area contributed by atoms with Crippen molar-refractivity contribution in [3.8, 4) is 0 Å². The lowest BCUT2D eigenvalue weighted by atomic mass is 9.78. The summed E-state index contributed by atoms with van der Waals surface area (Å²) in [5.74, 6) is -0.444. The minimum atomic E-state index is -0.281. The van der Waals surface area contributed by atoms with Gasteiger partial charge in [-0.2, -0.15) is 5.10 Å². The summed E-state index contributed by atoms with van der Waals surface area (Å²) >= 11 is 0. The van der Waals surface area contributed by atoms with Crippen molar-refractivity contribution in [1.82, 2.24) is 25.4 Å². The Kier molecular flexibility index (Phi) is 5.49. The molecule has 2 aliphatic rings. The van der Waals surface area contributed by atoms with Crippen LogP contribution in [-0.4, -0.2) is 64.2 Å². The number of hydrogen-bond acceptors (Lipinski definition) is 5. The number of carbonyl (C=O) groups excluding carboxylic acids is 2. The van der Waals surface area contributed by atoms with Gasteiger partial charge in [0.05, 0.1) is 17.8 Å². The van der Waals surface area contributed by atoms with Crippen molar-refractivity contribution >= 4 is 22.6 Å². The summed E-state index contributed by atoms with van der Waals surface area (Å²) in [4.78, 5) is 43.4. The Bertz CT molecular complexity index is 1260. The highest BCUT2D eigenvalue weighted by Gasteiger charge is 2.46. The summed E-state index contributed by atoms with van der Waals surface area (Å²) in [5.41, 5.74) is 1.14. The number of aromatic amines is 2. The SMILES string of the molecule is Cc1[nH]ncc1C(=O)NCC1CC2(CCOCC2)CN1C(=O)c1cc2ccccc2c(=O)[nH]1. The molecule has 9 heteroatoms. The van der Waals surface area contributed by atoms with E-state index in [0.29, 0.717) is 42.9 Å². The summed E-state index contributed by atoms with van der Waals surface area (Å²) in [6.45, 7) is 4.04. The van der Waals surface area contributed by atoms with Gasteiger partial charge in [-0.05, 0) is 49.1 Å². The van der Waals surface area contributed by atoms with Crippen molar-refractivity contribution in [2.24, 2.45) is 5.41 Å². The Morgan fingerprint density at radius 2 is 2.06 bits per heavy atom. The Hall–Kier alpha value is -3.46. The molecule has 1 atom stereocenters. The lowest BCUT2D eigenvalue weighted by Crippen LogP contribution is -2.44. The Morgan fingerprint density at radius 1 is 1.27 bits per heavy atom. The van der Waals surface area contributed by atoms with Crippen molar-refractivity contribution in [2.75, 3.05) is 26.3 Å². The Labute approximate surface area is 190 Å². The van der Waals surface area contributed by atoms with Gasteiger partial charge in [0.2, 0.25) is 0 Å². The molecule has 2 aromatic heterocycles. The van der Waals surface area contributed by atoms with Crippen LogP contribution < -0.4 is 10.9 Å². The maximum absolute atomic E-state index is 13.6. The number of carbonyl (C=O) groups is 2. The number of benzene rings is 1. The second-order valence-electron chi connectivity index (χ2n) is 9.12. The zero-order valence-electron chi connectivity index (χ0n) is 18.5. The molecule has 1 unspecified atom stereocenters. The lowest BCUT2D eigenvalue weighted by Gasteiger charge is -2.33. The fourth-order valence-corrected chi connectivity index (χ4v) is 5.12. The summed E-state index contributed by atoms with van der Waals surface area (Å²) in [7, 11) is 0. The maximum Gasteiger partial charge on any atom is 0.270 e. The van der Waals surface area contributed by atoms with E-state index < -0.39 is 0 Å². The topological polar surface area (TPSA) is 120 Å². The number of nitrogens with one attached hydrogen (secondary N) is 3. The minimum absolute atomic E-state index is 0.0357. The van der Waals surface area contributed by atoms with E-state index in [0.717, 1.165) is 24.6 Å². The number of H-pyrrole nitrogens is 2. The van der Waals surface area contributed by atoms with Crippen LogP contribution >= 0.6 is 0 Å². The molecule has 0 bridgehead atoms. The molecule has 4 heterocycles. The maximum atomic E-state index is 13.6. The van der Waals surface area contributed by atoms with Crippen LogP contribution in [0.2, 0.25) is 0 Å². The number of pyridine rings is 1. The van der Waals surface area contributed by atoms with Crippen LogP contribution in [0.5, 0.6) is 0 Å². The van der Waals surface area contributed by atoms with E-state index in [4.69, 9.17) is 4.74 Å². The van der Waals surface area contributed by atoms with Gasteiger partial charge in [-0.1, -0.05) is 18.2 Å². The number of amides is 2. The molecule has 2 saturated heterocycles. The third-order valence-corrected chi connectivity index (χ3v) is 6.99. The zero-order valence-corrected chi connectivity index (χ0v) is 18.5. The molecule has 2 fully saturated rings. The van der Waals surface area contributed by atoms with Crippen LogP contribution in [0.3, 0.4) is 0 Å². The number of aromatic nitrogens is 3. The molecule has 172 valence electrons. The zero-order chi connectivity index (χ0) is 23.0. The Balaban J connectivity index is 1.41. The monoisotopic (exact) mass is 449 g/mol. The van der Waals surface area contributed by atoms with Gasteiger partial charge < -0.3 is 19.9 Å². The summed E-state index contributed by atoms with van der Waals surface area (Å²) in [6.07, 6.45) is 4.03. The van der Waals surface area contributed by atoms with Crippen molar-refractivity contribution in [2.45, 2.75) is 32.2 Å². The first-order chi connectivity index (χ1) is 16.0. The lowest BCUT2D eigenvalue weighted by molar-refractivity contribution is 0.0189. The van der Waals surface area contributed by atoms with Crippen LogP contribution in [0.1, 0.15) is 45.8 Å². The third-order valence-electron chi connectivity index (χ3n) is 6.99. The standard InChI is InChI=1S/C24H27N5O4/c1-15-19(13-26-28-15)21(30)25-12-17-11-24(6-8-33-9-7-24)14-29(17)23(32)20-10-16-4-2-3-5-18(16)22(31)27-20/h2-5,10,13,17H,6-9,11-12,14H2,1H3,(H,25,30)(H,26,28)(H,27,31). The van der Waals surface area contributed by atoms with Gasteiger partial charge in [-0.3, -0.25) is 19.5 Å². The first-order valence-electron chi connectivity index (χ1n) is 11.2. The predicted octanol–water partition coefficient (Wildman–Crippen LogP) is 2.00. The van der Waals surface area contributed by atoms with Crippen LogP contribution in [0.15, 0.2) is 41.3 Å². The number of ether oxygens (including phenoxy) is 1.